The molecule has 0 atom stereocenters. The molecule has 0 spiro atoms. The molecular weight excluding hydrogens is 278 g/mol. The van der Waals surface area contributed by atoms with Crippen molar-refractivity contribution in [3.63, 3.8) is 0 Å². The summed E-state index contributed by atoms with van der Waals surface area (Å²) < 4.78 is 2.15. The van der Waals surface area contributed by atoms with Crippen LogP contribution in [0.1, 0.15) is 18.3 Å². The average Bonchev–Trinajstić information content (AvgIpc) is 2.97. The Morgan fingerprint density at radius 1 is 0.905 bits per heavy atom. The van der Waals surface area contributed by atoms with Gasteiger partial charge in [-0.1, -0.05) is 67.2 Å². The van der Waals surface area contributed by atoms with E-state index < -0.39 is 0 Å². The van der Waals surface area contributed by atoms with Gasteiger partial charge in [0.1, 0.15) is 5.82 Å². The van der Waals surface area contributed by atoms with E-state index in [4.69, 9.17) is 0 Å². The second-order valence-electron chi connectivity index (χ2n) is 4.70. The maximum Gasteiger partial charge on any atom is 0.196 e. The van der Waals surface area contributed by atoms with Crippen molar-refractivity contribution < 1.29 is 0 Å². The van der Waals surface area contributed by atoms with Crippen LogP contribution in [0.2, 0.25) is 0 Å². The molecule has 1 heterocycles. The predicted molar refractivity (Wildman–Crippen MR) is 86.7 cm³/mol. The van der Waals surface area contributed by atoms with Gasteiger partial charge in [0, 0.05) is 17.9 Å². The van der Waals surface area contributed by atoms with Crippen LogP contribution in [0.15, 0.2) is 65.8 Å². The van der Waals surface area contributed by atoms with E-state index >= 15 is 0 Å². The van der Waals surface area contributed by atoms with Gasteiger partial charge in [-0.2, -0.15) is 0 Å². The van der Waals surface area contributed by atoms with Gasteiger partial charge in [-0.15, -0.1) is 10.2 Å². The fraction of sp³-hybridized carbons (Fsp3) is 0.176. The van der Waals surface area contributed by atoms with Crippen molar-refractivity contribution in [2.45, 2.75) is 24.3 Å². The summed E-state index contributed by atoms with van der Waals surface area (Å²) in [5.41, 5.74) is 2.41. The summed E-state index contributed by atoms with van der Waals surface area (Å²) in [4.78, 5) is 0. The molecule has 0 N–H and O–H groups in total. The first-order valence-corrected chi connectivity index (χ1v) is 8.03. The Hall–Kier alpha value is -2.07. The van der Waals surface area contributed by atoms with Crippen molar-refractivity contribution in [2.24, 2.45) is 0 Å². The van der Waals surface area contributed by atoms with Gasteiger partial charge in [-0.05, 0) is 17.7 Å². The molecule has 0 unspecified atom stereocenters. The summed E-state index contributed by atoms with van der Waals surface area (Å²) in [6.07, 6.45) is 0.869. The summed E-state index contributed by atoms with van der Waals surface area (Å²) in [6.45, 7) is 2.11. The monoisotopic (exact) mass is 295 g/mol. The normalized spacial score (nSPS) is 10.7. The van der Waals surface area contributed by atoms with E-state index in [-0.39, 0.29) is 0 Å². The fourth-order valence-corrected chi connectivity index (χ4v) is 3.11. The van der Waals surface area contributed by atoms with Crippen molar-refractivity contribution in [1.82, 2.24) is 14.8 Å². The van der Waals surface area contributed by atoms with E-state index in [1.807, 2.05) is 24.3 Å². The van der Waals surface area contributed by atoms with Crippen molar-refractivity contribution >= 4 is 11.8 Å². The van der Waals surface area contributed by atoms with Crippen LogP contribution in [0, 0.1) is 0 Å². The van der Waals surface area contributed by atoms with Crippen molar-refractivity contribution in [1.29, 1.82) is 0 Å². The number of para-hydroxylation sites is 1. The third kappa shape index (κ3) is 3.16. The molecule has 0 radical (unpaired) electrons. The Morgan fingerprint density at radius 2 is 1.57 bits per heavy atom. The van der Waals surface area contributed by atoms with Gasteiger partial charge in [0.05, 0.1) is 0 Å². The molecule has 0 aliphatic rings. The third-order valence-electron chi connectivity index (χ3n) is 3.24. The molecule has 0 saturated carbocycles. The number of nitrogens with zero attached hydrogens (tertiary/aromatic N) is 3. The minimum atomic E-state index is 0.869. The quantitative estimate of drug-likeness (QED) is 0.663. The van der Waals surface area contributed by atoms with E-state index in [0.717, 1.165) is 28.8 Å². The lowest BCUT2D eigenvalue weighted by Crippen LogP contribution is -2.01. The molecule has 1 aromatic heterocycles. The van der Waals surface area contributed by atoms with Gasteiger partial charge in [0.25, 0.3) is 0 Å². The molecular formula is C17H17N3S. The number of aromatic nitrogens is 3. The van der Waals surface area contributed by atoms with Crippen molar-refractivity contribution in [3.8, 4) is 5.69 Å². The molecule has 0 fully saturated rings. The minimum Gasteiger partial charge on any atom is -0.274 e. The smallest absolute Gasteiger partial charge is 0.196 e. The van der Waals surface area contributed by atoms with E-state index in [2.05, 4.69) is 58.1 Å². The lowest BCUT2D eigenvalue weighted by molar-refractivity contribution is 0.836. The van der Waals surface area contributed by atoms with Gasteiger partial charge >= 0.3 is 0 Å². The fourth-order valence-electron chi connectivity index (χ4n) is 2.18. The zero-order valence-electron chi connectivity index (χ0n) is 11.9. The Morgan fingerprint density at radius 3 is 2.24 bits per heavy atom. The third-order valence-corrected chi connectivity index (χ3v) is 4.24. The lowest BCUT2D eigenvalue weighted by Gasteiger charge is -2.09. The first-order chi connectivity index (χ1) is 10.4. The Kier molecular flexibility index (Phi) is 4.36. The largest absolute Gasteiger partial charge is 0.274 e. The van der Waals surface area contributed by atoms with Crippen LogP contribution in [-0.2, 0) is 12.2 Å². The highest BCUT2D eigenvalue weighted by atomic mass is 32.2. The van der Waals surface area contributed by atoms with Gasteiger partial charge in [0.15, 0.2) is 5.16 Å². The molecule has 2 aromatic carbocycles. The van der Waals surface area contributed by atoms with Crippen LogP contribution in [0.4, 0.5) is 0 Å². The van der Waals surface area contributed by atoms with Crippen LogP contribution in [0.5, 0.6) is 0 Å². The summed E-state index contributed by atoms with van der Waals surface area (Å²) >= 11 is 1.72. The average molecular weight is 295 g/mol. The Bertz CT molecular complexity index is 693. The Balaban J connectivity index is 1.87. The highest BCUT2D eigenvalue weighted by Gasteiger charge is 2.12. The van der Waals surface area contributed by atoms with Crippen LogP contribution in [0.25, 0.3) is 5.69 Å². The topological polar surface area (TPSA) is 30.7 Å². The van der Waals surface area contributed by atoms with Crippen LogP contribution >= 0.6 is 11.8 Å². The zero-order valence-corrected chi connectivity index (χ0v) is 12.8. The van der Waals surface area contributed by atoms with Crippen molar-refractivity contribution in [3.05, 3.63) is 72.1 Å². The predicted octanol–water partition coefficient (Wildman–Crippen LogP) is 4.12. The van der Waals surface area contributed by atoms with Gasteiger partial charge in [-0.25, -0.2) is 0 Å². The number of hydrogen-bond donors (Lipinski definition) is 0. The highest BCUT2D eigenvalue weighted by molar-refractivity contribution is 7.98. The molecule has 4 heteroatoms. The minimum absolute atomic E-state index is 0.869. The SMILES string of the molecule is CCc1nnc(SCc2ccccc2)n1-c1ccccc1. The second-order valence-corrected chi connectivity index (χ2v) is 5.64. The zero-order chi connectivity index (χ0) is 14.5. The van der Waals surface area contributed by atoms with E-state index in [9.17, 15) is 0 Å². The number of benzene rings is 2. The van der Waals surface area contributed by atoms with Gasteiger partial charge < -0.3 is 0 Å². The number of aryl methyl sites for hydroxylation is 1. The maximum absolute atomic E-state index is 4.35. The first kappa shape index (κ1) is 13.9. The number of rotatable bonds is 5. The molecule has 3 aromatic rings. The van der Waals surface area contributed by atoms with Crippen LogP contribution in [0.3, 0.4) is 0 Å². The Labute approximate surface area is 129 Å². The molecule has 106 valence electrons. The molecule has 0 amide bonds. The van der Waals surface area contributed by atoms with E-state index in [1.165, 1.54) is 5.56 Å². The van der Waals surface area contributed by atoms with Crippen LogP contribution in [-0.4, -0.2) is 14.8 Å². The standard InChI is InChI=1S/C17H17N3S/c1-2-16-18-19-17(20(16)15-11-7-4-8-12-15)21-13-14-9-5-3-6-10-14/h3-12H,2,13H2,1H3. The lowest BCUT2D eigenvalue weighted by atomic mass is 10.2. The van der Waals surface area contributed by atoms with Crippen molar-refractivity contribution in [2.75, 3.05) is 0 Å². The molecule has 0 aliphatic heterocycles. The second kappa shape index (κ2) is 6.59. The van der Waals surface area contributed by atoms with Crippen LogP contribution < -0.4 is 0 Å². The molecule has 3 nitrogen and oxygen atoms in total. The molecule has 3 rings (SSSR count). The first-order valence-electron chi connectivity index (χ1n) is 7.05. The number of hydrogen-bond acceptors (Lipinski definition) is 3. The summed E-state index contributed by atoms with van der Waals surface area (Å²) in [6, 6.07) is 20.7. The van der Waals surface area contributed by atoms with E-state index in [0.29, 0.717) is 0 Å². The van der Waals surface area contributed by atoms with E-state index in [1.54, 1.807) is 11.8 Å². The summed E-state index contributed by atoms with van der Waals surface area (Å²) in [7, 11) is 0. The van der Waals surface area contributed by atoms with Gasteiger partial charge in [0.2, 0.25) is 0 Å². The molecule has 0 saturated heterocycles. The molecule has 0 aliphatic carbocycles. The molecule has 21 heavy (non-hydrogen) atoms. The highest BCUT2D eigenvalue weighted by Crippen LogP contribution is 2.25. The summed E-state index contributed by atoms with van der Waals surface area (Å²) in [5.74, 6) is 1.90. The maximum atomic E-state index is 4.35. The summed E-state index contributed by atoms with van der Waals surface area (Å²) in [5, 5.41) is 9.62. The number of thioether (sulfide) groups is 1. The van der Waals surface area contributed by atoms with Gasteiger partial charge in [-0.3, -0.25) is 4.57 Å². The molecule has 0 bridgehead atoms.